The van der Waals surface area contributed by atoms with E-state index in [4.69, 9.17) is 14.2 Å². The number of fused-ring (bicyclic) bond motifs is 6. The molecular formula is C53H63N5O7. The number of likely N-dealkylation sites (N-methyl/N-ethyl adjacent to an activating group) is 1. The molecule has 0 radical (unpaired) electrons. The Kier molecular flexibility index (Phi) is 10.6. The zero-order valence-corrected chi connectivity index (χ0v) is 38.8. The quantitative estimate of drug-likeness (QED) is 0.129. The van der Waals surface area contributed by atoms with Gasteiger partial charge in [0.25, 0.3) is 5.91 Å². The van der Waals surface area contributed by atoms with E-state index in [2.05, 4.69) is 87.4 Å². The molecule has 1 unspecified atom stereocenters. The Labute approximate surface area is 382 Å². The summed E-state index contributed by atoms with van der Waals surface area (Å²) in [5.41, 5.74) is 3.60. The van der Waals surface area contributed by atoms with E-state index >= 15 is 4.79 Å². The number of aromatic nitrogens is 1. The van der Waals surface area contributed by atoms with Gasteiger partial charge >= 0.3 is 11.9 Å². The van der Waals surface area contributed by atoms with Crippen molar-refractivity contribution in [2.45, 2.75) is 94.4 Å². The number of ether oxygens (including phenoxy) is 3. The highest BCUT2D eigenvalue weighted by atomic mass is 16.6. The average Bonchev–Trinajstić information content (AvgIpc) is 3.97. The molecule has 65 heavy (non-hydrogen) atoms. The van der Waals surface area contributed by atoms with Gasteiger partial charge in [-0.25, -0.2) is 0 Å². The second-order valence-electron chi connectivity index (χ2n) is 19.7. The number of nitrogens with one attached hydrogen (secondary N) is 2. The highest BCUT2D eigenvalue weighted by molar-refractivity contribution is 5.95. The largest absolute Gasteiger partial charge is 0.496 e. The Bertz CT molecular complexity index is 2640. The molecule has 5 aliphatic heterocycles. The fraction of sp³-hybridized carbons (Fsp3) is 0.491. The van der Waals surface area contributed by atoms with Gasteiger partial charge in [0.05, 0.1) is 26.8 Å². The number of rotatable bonds is 9. The molecule has 1 spiro atoms. The number of carbonyl (C=O) groups excluding carboxylic acids is 3. The summed E-state index contributed by atoms with van der Waals surface area (Å²) in [6.45, 7) is 11.5. The van der Waals surface area contributed by atoms with Gasteiger partial charge in [0.1, 0.15) is 22.9 Å². The predicted octanol–water partition coefficient (Wildman–Crippen LogP) is 6.36. The fourth-order valence-electron chi connectivity index (χ4n) is 14.0. The molecule has 1 aromatic heterocycles. The van der Waals surface area contributed by atoms with Crippen LogP contribution in [0, 0.1) is 18.3 Å². The molecule has 12 heteroatoms. The van der Waals surface area contributed by atoms with Gasteiger partial charge in [-0.1, -0.05) is 73.5 Å². The summed E-state index contributed by atoms with van der Waals surface area (Å²) in [7, 11) is 5.14. The molecule has 3 aromatic carbocycles. The minimum Gasteiger partial charge on any atom is -0.496 e. The van der Waals surface area contributed by atoms with Gasteiger partial charge in [-0.3, -0.25) is 24.2 Å². The topological polar surface area (TPSA) is 137 Å². The van der Waals surface area contributed by atoms with Crippen molar-refractivity contribution in [3.63, 3.8) is 0 Å². The van der Waals surface area contributed by atoms with E-state index in [0.29, 0.717) is 37.1 Å². The summed E-state index contributed by atoms with van der Waals surface area (Å²) in [5, 5.41) is 18.2. The van der Waals surface area contributed by atoms with E-state index in [1.165, 1.54) is 19.6 Å². The maximum Gasteiger partial charge on any atom is 0.322 e. The van der Waals surface area contributed by atoms with Crippen LogP contribution in [0.3, 0.4) is 0 Å². The number of benzene rings is 3. The van der Waals surface area contributed by atoms with Crippen molar-refractivity contribution in [2.24, 2.45) is 11.3 Å². The fourth-order valence-corrected chi connectivity index (χ4v) is 14.0. The van der Waals surface area contributed by atoms with Crippen molar-refractivity contribution in [2.75, 3.05) is 65.4 Å². The molecule has 3 N–H and O–H groups in total. The molecule has 6 heterocycles. The van der Waals surface area contributed by atoms with Crippen LogP contribution in [0.1, 0.15) is 84.8 Å². The number of para-hydroxylation sites is 1. The van der Waals surface area contributed by atoms with Crippen molar-refractivity contribution in [1.82, 2.24) is 20.1 Å². The molecule has 2 bridgehead atoms. The highest BCUT2D eigenvalue weighted by Gasteiger charge is 2.78. The lowest BCUT2D eigenvalue weighted by atomic mass is 9.47. The number of hydrogen-bond donors (Lipinski definition) is 3. The van der Waals surface area contributed by atoms with Crippen LogP contribution in [0.25, 0.3) is 10.9 Å². The van der Waals surface area contributed by atoms with Crippen molar-refractivity contribution in [1.29, 1.82) is 0 Å². The SMILES string of the molecule is CCC1=C[C@@H]2CN(CCc3c([nH]c4ccccc34)[C@@](C(=O)OC)(c3cc4c(cc3OC)N(C)[C@H]3[C@@](O)(CNC(=O)c5ccc(C)cc5)[C@H](OC(C)=O)[C@]5(CC)C=CCN6CC[C@]43[C@@H]65)C2)C1. The molecule has 6 aliphatic rings. The molecule has 4 aromatic rings. The molecule has 12 nitrogen and oxygen atoms in total. The molecule has 342 valence electrons. The van der Waals surface area contributed by atoms with Crippen LogP contribution in [-0.4, -0.2) is 122 Å². The smallest absolute Gasteiger partial charge is 0.322 e. The van der Waals surface area contributed by atoms with Gasteiger partial charge in [0, 0.05) is 96.5 Å². The van der Waals surface area contributed by atoms with Gasteiger partial charge in [-0.2, -0.15) is 0 Å². The molecule has 2 fully saturated rings. The van der Waals surface area contributed by atoms with Crippen molar-refractivity contribution in [3.8, 4) is 5.75 Å². The molecule has 1 saturated carbocycles. The molecular weight excluding hydrogens is 819 g/mol. The first kappa shape index (κ1) is 43.5. The number of anilines is 1. The van der Waals surface area contributed by atoms with Crippen LogP contribution in [-0.2, 0) is 36.3 Å². The number of aryl methyl sites for hydroxylation is 1. The number of aliphatic hydroxyl groups is 1. The summed E-state index contributed by atoms with van der Waals surface area (Å²) in [6, 6.07) is 19.1. The Morgan fingerprint density at radius 1 is 1.00 bits per heavy atom. The normalized spacial score (nSPS) is 32.2. The predicted molar refractivity (Wildman–Crippen MR) is 250 cm³/mol. The zero-order valence-electron chi connectivity index (χ0n) is 38.8. The zero-order chi connectivity index (χ0) is 45.6. The lowest BCUT2D eigenvalue weighted by Crippen LogP contribution is -2.81. The number of methoxy groups -OCH3 is 2. The Morgan fingerprint density at radius 2 is 1.78 bits per heavy atom. The van der Waals surface area contributed by atoms with E-state index in [1.807, 2.05) is 32.2 Å². The van der Waals surface area contributed by atoms with E-state index in [9.17, 15) is 14.7 Å². The van der Waals surface area contributed by atoms with Crippen LogP contribution in [0.15, 0.2) is 84.5 Å². The second kappa shape index (κ2) is 15.9. The third-order valence-electron chi connectivity index (χ3n) is 16.5. The lowest BCUT2D eigenvalue weighted by molar-refractivity contribution is -0.216. The molecule has 1 saturated heterocycles. The first-order valence-corrected chi connectivity index (χ1v) is 23.5. The van der Waals surface area contributed by atoms with Crippen LogP contribution in [0.2, 0.25) is 0 Å². The average molecular weight is 882 g/mol. The van der Waals surface area contributed by atoms with E-state index in [1.54, 1.807) is 19.2 Å². The van der Waals surface area contributed by atoms with E-state index in [0.717, 1.165) is 83.6 Å². The molecule has 9 atom stereocenters. The van der Waals surface area contributed by atoms with Gasteiger partial charge in [0.15, 0.2) is 0 Å². The number of H-pyrrole nitrogens is 1. The Balaban J connectivity index is 1.23. The van der Waals surface area contributed by atoms with Crippen LogP contribution >= 0.6 is 0 Å². The summed E-state index contributed by atoms with van der Waals surface area (Å²) in [6.07, 6.45) is 9.05. The maximum atomic E-state index is 15.5. The lowest BCUT2D eigenvalue weighted by Gasteiger charge is -2.64. The minimum atomic E-state index is -1.80. The van der Waals surface area contributed by atoms with Crippen molar-refractivity contribution < 1.29 is 33.7 Å². The number of esters is 2. The number of carbonyl (C=O) groups is 3. The number of aromatic amines is 1. The van der Waals surface area contributed by atoms with Crippen molar-refractivity contribution in [3.05, 3.63) is 118 Å². The second-order valence-corrected chi connectivity index (χ2v) is 19.7. The van der Waals surface area contributed by atoms with Crippen LogP contribution in [0.5, 0.6) is 5.75 Å². The van der Waals surface area contributed by atoms with Crippen LogP contribution in [0.4, 0.5) is 5.69 Å². The Morgan fingerprint density at radius 3 is 2.51 bits per heavy atom. The van der Waals surface area contributed by atoms with Gasteiger partial charge in [0.2, 0.25) is 0 Å². The summed E-state index contributed by atoms with van der Waals surface area (Å²) in [5.74, 6) is -0.617. The van der Waals surface area contributed by atoms with Gasteiger partial charge < -0.3 is 34.5 Å². The summed E-state index contributed by atoms with van der Waals surface area (Å²) >= 11 is 0. The van der Waals surface area contributed by atoms with Crippen LogP contribution < -0.4 is 15.0 Å². The number of nitrogens with zero attached hydrogens (tertiary/aromatic N) is 3. The summed E-state index contributed by atoms with van der Waals surface area (Å²) in [4.78, 5) is 53.8. The number of hydrogen-bond acceptors (Lipinski definition) is 10. The first-order valence-electron chi connectivity index (χ1n) is 23.5. The highest BCUT2D eigenvalue weighted by Crippen LogP contribution is 2.68. The summed E-state index contributed by atoms with van der Waals surface area (Å²) < 4.78 is 19.0. The first-order chi connectivity index (χ1) is 31.3. The molecule has 10 rings (SSSR count). The minimum absolute atomic E-state index is 0.0290. The monoisotopic (exact) mass is 881 g/mol. The van der Waals surface area contributed by atoms with E-state index < -0.39 is 40.0 Å². The maximum absolute atomic E-state index is 15.5. The standard InChI is InChI=1S/C53H63N5O7/c1-8-34-25-35-28-52(49(61)64-7,44-38(19-23-57(29-34)30-35)37-13-10-11-14-41(37)55-44)40-26-39-42(27-43(40)63-6)56(5)47-51(39)21-24-58-22-12-20-50(9-2,46(51)58)48(65-33(4)59)53(47,62)31-54-45(60)36-17-15-32(3)16-18-36/h10-18,20,25-27,35,46-48,55,62H,8-9,19,21-24,28-31H2,1-7H3,(H,54,60)/t35-,46-,47+,48+,50+,51+,52-,53-/m0/s1. The van der Waals surface area contributed by atoms with Gasteiger partial charge in [-0.05, 0) is 86.9 Å². The molecule has 1 aliphatic carbocycles. The van der Waals surface area contributed by atoms with Gasteiger partial charge in [-0.15, -0.1) is 0 Å². The Hall–Kier alpha value is -5.43. The van der Waals surface area contributed by atoms with Crippen molar-refractivity contribution >= 4 is 34.4 Å². The molecule has 1 amide bonds. The third-order valence-corrected chi connectivity index (χ3v) is 16.5. The third kappa shape index (κ3) is 6.22. The number of amides is 1. The van der Waals surface area contributed by atoms with E-state index in [-0.39, 0.29) is 30.4 Å².